The average Bonchev–Trinajstić information content (AvgIpc) is 3.06. The number of hydrogen-bond acceptors (Lipinski definition) is 4. The molecule has 0 aromatic heterocycles. The van der Waals surface area contributed by atoms with Crippen LogP contribution in [0.15, 0.2) is 18.2 Å². The summed E-state index contributed by atoms with van der Waals surface area (Å²) in [5.74, 6) is 0.749. The maximum Gasteiger partial charge on any atom is 0.251 e. The molecule has 1 fully saturated rings. The molecule has 1 aromatic rings. The smallest absolute Gasteiger partial charge is 0.251 e. The molecule has 0 spiro atoms. The maximum atomic E-state index is 12.2. The molecule has 1 saturated heterocycles. The summed E-state index contributed by atoms with van der Waals surface area (Å²) in [6.07, 6.45) is 2.09. The van der Waals surface area contributed by atoms with E-state index in [-0.39, 0.29) is 24.5 Å². The van der Waals surface area contributed by atoms with E-state index in [9.17, 15) is 9.59 Å². The number of benzene rings is 1. The number of rotatable bonds is 6. The second-order valence-corrected chi connectivity index (χ2v) is 5.80. The molecule has 0 saturated carbocycles. The van der Waals surface area contributed by atoms with Crippen LogP contribution in [0.5, 0.6) is 11.5 Å². The SMILES string of the molecule is COc1cc(C(=O)NCC(=O)N2CCCC2)ccc1OC(C)C. The van der Waals surface area contributed by atoms with Gasteiger partial charge in [0.15, 0.2) is 11.5 Å². The Bertz CT molecular complexity index is 566. The molecule has 23 heavy (non-hydrogen) atoms. The van der Waals surface area contributed by atoms with Gasteiger partial charge in [-0.1, -0.05) is 0 Å². The highest BCUT2D eigenvalue weighted by Crippen LogP contribution is 2.28. The first-order valence-electron chi connectivity index (χ1n) is 7.92. The molecule has 1 N–H and O–H groups in total. The van der Waals surface area contributed by atoms with Gasteiger partial charge in [-0.05, 0) is 44.9 Å². The van der Waals surface area contributed by atoms with Gasteiger partial charge in [0.25, 0.3) is 5.91 Å². The van der Waals surface area contributed by atoms with E-state index >= 15 is 0 Å². The molecule has 0 atom stereocenters. The van der Waals surface area contributed by atoms with E-state index in [0.717, 1.165) is 25.9 Å². The van der Waals surface area contributed by atoms with E-state index in [1.165, 1.54) is 7.11 Å². The molecule has 2 rings (SSSR count). The van der Waals surface area contributed by atoms with Crippen LogP contribution in [0.1, 0.15) is 37.0 Å². The Morgan fingerprint density at radius 3 is 2.52 bits per heavy atom. The minimum absolute atomic E-state index is 0.0154. The Hall–Kier alpha value is -2.24. The highest BCUT2D eigenvalue weighted by molar-refractivity contribution is 5.97. The minimum atomic E-state index is -0.299. The van der Waals surface area contributed by atoms with Gasteiger partial charge >= 0.3 is 0 Å². The Kier molecular flexibility index (Phi) is 5.84. The minimum Gasteiger partial charge on any atom is -0.493 e. The fourth-order valence-electron chi connectivity index (χ4n) is 2.50. The second kappa shape index (κ2) is 7.85. The van der Waals surface area contributed by atoms with E-state index in [1.807, 2.05) is 13.8 Å². The molecule has 2 amide bonds. The topological polar surface area (TPSA) is 67.9 Å². The fourth-order valence-corrected chi connectivity index (χ4v) is 2.50. The van der Waals surface area contributed by atoms with Crippen molar-refractivity contribution in [3.8, 4) is 11.5 Å². The largest absolute Gasteiger partial charge is 0.493 e. The lowest BCUT2D eigenvalue weighted by Crippen LogP contribution is -2.38. The summed E-state index contributed by atoms with van der Waals surface area (Å²) in [4.78, 5) is 25.9. The van der Waals surface area contributed by atoms with Gasteiger partial charge in [-0.25, -0.2) is 0 Å². The van der Waals surface area contributed by atoms with E-state index in [4.69, 9.17) is 9.47 Å². The van der Waals surface area contributed by atoms with Crippen LogP contribution in [0.4, 0.5) is 0 Å². The fraction of sp³-hybridized carbons (Fsp3) is 0.529. The van der Waals surface area contributed by atoms with Crippen molar-refractivity contribution in [1.29, 1.82) is 0 Å². The summed E-state index contributed by atoms with van der Waals surface area (Å²) in [7, 11) is 1.53. The van der Waals surface area contributed by atoms with Gasteiger partial charge in [0, 0.05) is 18.7 Å². The van der Waals surface area contributed by atoms with Gasteiger partial charge in [0.1, 0.15) is 0 Å². The predicted molar refractivity (Wildman–Crippen MR) is 86.9 cm³/mol. The first-order chi connectivity index (χ1) is 11.0. The average molecular weight is 320 g/mol. The number of likely N-dealkylation sites (tertiary alicyclic amines) is 1. The summed E-state index contributed by atoms with van der Waals surface area (Å²) in [5.41, 5.74) is 0.437. The lowest BCUT2D eigenvalue weighted by Gasteiger charge is -2.16. The molecule has 0 bridgehead atoms. The molecule has 0 unspecified atom stereocenters. The quantitative estimate of drug-likeness (QED) is 0.868. The van der Waals surface area contributed by atoms with Crippen molar-refractivity contribution in [2.24, 2.45) is 0 Å². The van der Waals surface area contributed by atoms with Crippen molar-refractivity contribution < 1.29 is 19.1 Å². The Labute approximate surface area is 136 Å². The molecule has 6 nitrogen and oxygen atoms in total. The van der Waals surface area contributed by atoms with Gasteiger partial charge in [-0.2, -0.15) is 0 Å². The third-order valence-electron chi connectivity index (χ3n) is 3.65. The standard InChI is InChI=1S/C17H24N2O4/c1-12(2)23-14-7-6-13(10-15(14)22-3)17(21)18-11-16(20)19-8-4-5-9-19/h6-7,10,12H,4-5,8-9,11H2,1-3H3,(H,18,21). The number of nitrogens with one attached hydrogen (secondary N) is 1. The normalized spacial score (nSPS) is 14.0. The Balaban J connectivity index is 1.97. The lowest BCUT2D eigenvalue weighted by atomic mass is 10.2. The van der Waals surface area contributed by atoms with Gasteiger partial charge in [0.05, 0.1) is 19.8 Å². The van der Waals surface area contributed by atoms with Crippen LogP contribution in [0.2, 0.25) is 0 Å². The highest BCUT2D eigenvalue weighted by Gasteiger charge is 2.19. The molecule has 126 valence electrons. The van der Waals surface area contributed by atoms with Gasteiger partial charge in [-0.15, -0.1) is 0 Å². The molecule has 1 aromatic carbocycles. The number of carbonyl (C=O) groups excluding carboxylic acids is 2. The van der Waals surface area contributed by atoms with Crippen LogP contribution < -0.4 is 14.8 Å². The predicted octanol–water partition coefficient (Wildman–Crippen LogP) is 1.83. The van der Waals surface area contributed by atoms with Crippen LogP contribution in [0.25, 0.3) is 0 Å². The van der Waals surface area contributed by atoms with E-state index in [2.05, 4.69) is 5.32 Å². The third-order valence-corrected chi connectivity index (χ3v) is 3.65. The number of nitrogens with zero attached hydrogens (tertiary/aromatic N) is 1. The van der Waals surface area contributed by atoms with Gasteiger partial charge < -0.3 is 19.7 Å². The van der Waals surface area contributed by atoms with Crippen molar-refractivity contribution in [3.05, 3.63) is 23.8 Å². The Morgan fingerprint density at radius 2 is 1.91 bits per heavy atom. The first kappa shape index (κ1) is 17.1. The van der Waals surface area contributed by atoms with Crippen LogP contribution >= 0.6 is 0 Å². The van der Waals surface area contributed by atoms with Crippen LogP contribution in [0, 0.1) is 0 Å². The van der Waals surface area contributed by atoms with E-state index < -0.39 is 0 Å². The van der Waals surface area contributed by atoms with Crippen LogP contribution in [-0.2, 0) is 4.79 Å². The molecule has 1 aliphatic rings. The number of hydrogen-bond donors (Lipinski definition) is 1. The van der Waals surface area contributed by atoms with Crippen molar-refractivity contribution in [2.75, 3.05) is 26.7 Å². The Morgan fingerprint density at radius 1 is 1.22 bits per heavy atom. The van der Waals surface area contributed by atoms with Crippen LogP contribution in [-0.4, -0.2) is 49.6 Å². The number of methoxy groups -OCH3 is 1. The molecule has 6 heteroatoms. The zero-order valence-electron chi connectivity index (χ0n) is 13.9. The van der Waals surface area contributed by atoms with Crippen molar-refractivity contribution in [1.82, 2.24) is 10.2 Å². The number of ether oxygens (including phenoxy) is 2. The maximum absolute atomic E-state index is 12.2. The number of amides is 2. The van der Waals surface area contributed by atoms with E-state index in [1.54, 1.807) is 23.1 Å². The highest BCUT2D eigenvalue weighted by atomic mass is 16.5. The lowest BCUT2D eigenvalue weighted by molar-refractivity contribution is -0.129. The third kappa shape index (κ3) is 4.61. The van der Waals surface area contributed by atoms with Crippen molar-refractivity contribution >= 4 is 11.8 Å². The summed E-state index contributed by atoms with van der Waals surface area (Å²) < 4.78 is 10.9. The zero-order chi connectivity index (χ0) is 16.8. The number of carbonyl (C=O) groups is 2. The molecule has 1 heterocycles. The monoisotopic (exact) mass is 320 g/mol. The van der Waals surface area contributed by atoms with Crippen molar-refractivity contribution in [3.63, 3.8) is 0 Å². The summed E-state index contributed by atoms with van der Waals surface area (Å²) in [6.45, 7) is 5.42. The summed E-state index contributed by atoms with van der Waals surface area (Å²) >= 11 is 0. The van der Waals surface area contributed by atoms with Gasteiger partial charge in [0.2, 0.25) is 5.91 Å². The zero-order valence-corrected chi connectivity index (χ0v) is 13.9. The molecule has 0 radical (unpaired) electrons. The van der Waals surface area contributed by atoms with Crippen LogP contribution in [0.3, 0.4) is 0 Å². The first-order valence-corrected chi connectivity index (χ1v) is 7.92. The second-order valence-electron chi connectivity index (χ2n) is 5.80. The molecular formula is C17H24N2O4. The van der Waals surface area contributed by atoms with E-state index in [0.29, 0.717) is 17.1 Å². The molecule has 1 aliphatic heterocycles. The summed E-state index contributed by atoms with van der Waals surface area (Å²) in [6, 6.07) is 4.99. The van der Waals surface area contributed by atoms with Crippen molar-refractivity contribution in [2.45, 2.75) is 32.8 Å². The van der Waals surface area contributed by atoms with Gasteiger partial charge in [-0.3, -0.25) is 9.59 Å². The molecule has 0 aliphatic carbocycles. The summed E-state index contributed by atoms with van der Waals surface area (Å²) in [5, 5.41) is 2.66. The molecular weight excluding hydrogens is 296 g/mol.